The average Bonchev–Trinajstić information content (AvgIpc) is 2.76. The minimum Gasteiger partial charge on any atom is -0.495 e. The van der Waals surface area contributed by atoms with E-state index in [2.05, 4.69) is 11.4 Å². The van der Waals surface area contributed by atoms with Crippen molar-refractivity contribution in [3.05, 3.63) is 96.6 Å². The van der Waals surface area contributed by atoms with E-state index in [0.29, 0.717) is 11.4 Å². The van der Waals surface area contributed by atoms with Gasteiger partial charge in [-0.05, 0) is 55.0 Å². The number of hydrogen-bond acceptors (Lipinski definition) is 5. The van der Waals surface area contributed by atoms with Crippen LogP contribution in [0.5, 0.6) is 17.2 Å². The smallest absolute Gasteiger partial charge is 0.141 e. The zero-order valence-electron chi connectivity index (χ0n) is 17.4. The van der Waals surface area contributed by atoms with E-state index in [1.54, 1.807) is 7.11 Å². The fourth-order valence-electron chi connectivity index (χ4n) is 3.29. The molecule has 4 rings (SSSR count). The van der Waals surface area contributed by atoms with Crippen LogP contribution in [0.15, 0.2) is 96.0 Å². The number of methoxy groups -OCH3 is 1. The molecule has 1 aliphatic rings. The number of aliphatic imine (C=N–C) groups is 1. The molecule has 0 bridgehead atoms. The predicted molar refractivity (Wildman–Crippen MR) is 128 cm³/mol. The lowest BCUT2D eigenvalue weighted by atomic mass is 10.1. The fraction of sp³-hybridized carbons (Fsp3) is 0.115. The van der Waals surface area contributed by atoms with Crippen LogP contribution in [0.2, 0.25) is 0 Å². The number of allylic oxidation sites excluding steroid dienone is 3. The zero-order valence-corrected chi connectivity index (χ0v) is 17.4. The zero-order chi connectivity index (χ0) is 21.5. The Bertz CT molecular complexity index is 1130. The molecule has 0 atom stereocenters. The number of benzene rings is 3. The van der Waals surface area contributed by atoms with Gasteiger partial charge >= 0.3 is 0 Å². The second kappa shape index (κ2) is 9.67. The van der Waals surface area contributed by atoms with Crippen molar-refractivity contribution in [3.63, 3.8) is 0 Å². The standard InChI is InChI=1S/C26H25N3O2/c1-30-25-16-15-19(17-23(25)27)24-13-6-3-7-14-26(29-24)28-20-9-8-12-22(18-20)31-21-10-4-2-5-11-21/h2-6,8-13,15-18H,7,14,27H2,1H3,(H,28,29)/b6-3-,24-13-. The number of anilines is 2. The van der Waals surface area contributed by atoms with Crippen molar-refractivity contribution in [1.82, 2.24) is 0 Å². The molecule has 0 unspecified atom stereocenters. The highest BCUT2D eigenvalue weighted by molar-refractivity contribution is 5.99. The Labute approximate surface area is 182 Å². The normalized spacial score (nSPS) is 16.2. The van der Waals surface area contributed by atoms with Crippen LogP contribution in [0.3, 0.4) is 0 Å². The van der Waals surface area contributed by atoms with Crippen molar-refractivity contribution in [1.29, 1.82) is 0 Å². The van der Waals surface area contributed by atoms with Crippen LogP contribution in [0.4, 0.5) is 11.4 Å². The van der Waals surface area contributed by atoms with Gasteiger partial charge in [-0.1, -0.05) is 36.4 Å². The number of nitrogens with two attached hydrogens (primary N) is 1. The van der Waals surface area contributed by atoms with Gasteiger partial charge in [-0.3, -0.25) is 0 Å². The third-order valence-corrected chi connectivity index (χ3v) is 4.82. The summed E-state index contributed by atoms with van der Waals surface area (Å²) in [7, 11) is 1.61. The van der Waals surface area contributed by atoms with E-state index < -0.39 is 0 Å². The van der Waals surface area contributed by atoms with Crippen LogP contribution in [0.25, 0.3) is 5.70 Å². The number of amidine groups is 1. The van der Waals surface area contributed by atoms with Gasteiger partial charge < -0.3 is 20.5 Å². The lowest BCUT2D eigenvalue weighted by molar-refractivity contribution is 0.417. The maximum Gasteiger partial charge on any atom is 0.141 e. The van der Waals surface area contributed by atoms with Crippen molar-refractivity contribution in [2.24, 2.45) is 4.99 Å². The molecule has 31 heavy (non-hydrogen) atoms. The lowest BCUT2D eigenvalue weighted by Gasteiger charge is -2.14. The minimum atomic E-state index is 0.586. The molecule has 5 heteroatoms. The summed E-state index contributed by atoms with van der Waals surface area (Å²) in [5.74, 6) is 3.10. The average molecular weight is 412 g/mol. The summed E-state index contributed by atoms with van der Waals surface area (Å²) in [5, 5.41) is 3.45. The van der Waals surface area contributed by atoms with E-state index >= 15 is 0 Å². The maximum absolute atomic E-state index is 6.10. The van der Waals surface area contributed by atoms with Crippen LogP contribution < -0.4 is 20.5 Å². The summed E-state index contributed by atoms with van der Waals surface area (Å²) < 4.78 is 11.2. The number of nitrogens with one attached hydrogen (secondary N) is 1. The second-order valence-electron chi connectivity index (χ2n) is 7.10. The molecule has 0 saturated carbocycles. The Morgan fingerprint density at radius 2 is 1.77 bits per heavy atom. The number of hydrogen-bond donors (Lipinski definition) is 2. The van der Waals surface area contributed by atoms with Gasteiger partial charge in [0.2, 0.25) is 0 Å². The molecule has 1 aliphatic heterocycles. The van der Waals surface area contributed by atoms with E-state index in [1.807, 2.05) is 84.9 Å². The van der Waals surface area contributed by atoms with Gasteiger partial charge in [0.25, 0.3) is 0 Å². The van der Waals surface area contributed by atoms with E-state index in [-0.39, 0.29) is 0 Å². The minimum absolute atomic E-state index is 0.586. The molecule has 0 radical (unpaired) electrons. The fourth-order valence-corrected chi connectivity index (χ4v) is 3.29. The molecule has 0 aromatic heterocycles. The summed E-state index contributed by atoms with van der Waals surface area (Å²) in [6.45, 7) is 0. The van der Waals surface area contributed by atoms with Gasteiger partial charge in [-0.25, -0.2) is 4.99 Å². The Balaban J connectivity index is 1.56. The molecule has 0 fully saturated rings. The lowest BCUT2D eigenvalue weighted by Crippen LogP contribution is -2.12. The number of rotatable bonds is 5. The molecule has 0 aliphatic carbocycles. The van der Waals surface area contributed by atoms with E-state index in [0.717, 1.165) is 47.1 Å². The van der Waals surface area contributed by atoms with Crippen LogP contribution >= 0.6 is 0 Å². The van der Waals surface area contributed by atoms with Gasteiger partial charge in [0.1, 0.15) is 23.1 Å². The third kappa shape index (κ3) is 5.34. The van der Waals surface area contributed by atoms with Crippen LogP contribution in [-0.4, -0.2) is 12.9 Å². The SMILES string of the molecule is COc1ccc(/C2=C/C=C\CCC(Nc3cccc(Oc4ccccc4)c3)=N2)cc1N. The van der Waals surface area contributed by atoms with Gasteiger partial charge in [0, 0.05) is 23.7 Å². The van der Waals surface area contributed by atoms with Crippen molar-refractivity contribution in [2.45, 2.75) is 12.8 Å². The molecule has 3 aromatic rings. The van der Waals surface area contributed by atoms with Crippen LogP contribution in [-0.2, 0) is 0 Å². The van der Waals surface area contributed by atoms with Gasteiger partial charge in [0.15, 0.2) is 0 Å². The summed E-state index contributed by atoms with van der Waals surface area (Å²) in [5.41, 5.74) is 9.38. The number of ether oxygens (including phenoxy) is 2. The molecule has 5 nitrogen and oxygen atoms in total. The molecule has 0 spiro atoms. The predicted octanol–water partition coefficient (Wildman–Crippen LogP) is 6.27. The van der Waals surface area contributed by atoms with E-state index in [4.69, 9.17) is 20.2 Å². The first-order chi connectivity index (χ1) is 15.2. The molecule has 3 N–H and O–H groups in total. The number of nitrogens with zero attached hydrogens (tertiary/aromatic N) is 1. The first kappa shape index (κ1) is 20.3. The number of nitrogen functional groups attached to an aromatic ring is 1. The Morgan fingerprint density at radius 3 is 2.58 bits per heavy atom. The van der Waals surface area contributed by atoms with Crippen molar-refractivity contribution < 1.29 is 9.47 Å². The first-order valence-electron chi connectivity index (χ1n) is 10.2. The maximum atomic E-state index is 6.10. The Kier molecular flexibility index (Phi) is 6.33. The molecule has 1 heterocycles. The second-order valence-corrected chi connectivity index (χ2v) is 7.10. The molecule has 0 amide bonds. The highest BCUT2D eigenvalue weighted by atomic mass is 16.5. The Morgan fingerprint density at radius 1 is 0.935 bits per heavy atom. The van der Waals surface area contributed by atoms with Gasteiger partial charge in [0.05, 0.1) is 18.5 Å². The van der Waals surface area contributed by atoms with E-state index in [1.165, 1.54) is 0 Å². The molecule has 156 valence electrons. The summed E-state index contributed by atoms with van der Waals surface area (Å²) in [6.07, 6.45) is 7.86. The van der Waals surface area contributed by atoms with Crippen molar-refractivity contribution >= 4 is 22.9 Å². The van der Waals surface area contributed by atoms with Gasteiger partial charge in [-0.15, -0.1) is 0 Å². The van der Waals surface area contributed by atoms with Crippen LogP contribution in [0.1, 0.15) is 18.4 Å². The van der Waals surface area contributed by atoms with E-state index in [9.17, 15) is 0 Å². The van der Waals surface area contributed by atoms with Crippen molar-refractivity contribution in [2.75, 3.05) is 18.2 Å². The Hall–Kier alpha value is -3.99. The topological polar surface area (TPSA) is 68.9 Å². The number of para-hydroxylation sites is 1. The third-order valence-electron chi connectivity index (χ3n) is 4.82. The highest BCUT2D eigenvalue weighted by Crippen LogP contribution is 2.28. The summed E-state index contributed by atoms with van der Waals surface area (Å²) >= 11 is 0. The van der Waals surface area contributed by atoms with Crippen LogP contribution in [0, 0.1) is 0 Å². The molecular formula is C26H25N3O2. The summed E-state index contributed by atoms with van der Waals surface area (Å²) in [6, 6.07) is 23.3. The first-order valence-corrected chi connectivity index (χ1v) is 10.2. The van der Waals surface area contributed by atoms with Crippen molar-refractivity contribution in [3.8, 4) is 17.2 Å². The van der Waals surface area contributed by atoms with Gasteiger partial charge in [-0.2, -0.15) is 0 Å². The molecule has 3 aromatic carbocycles. The molecule has 0 saturated heterocycles. The quantitative estimate of drug-likeness (QED) is 0.485. The monoisotopic (exact) mass is 411 g/mol. The summed E-state index contributed by atoms with van der Waals surface area (Å²) in [4.78, 5) is 4.89. The molecular weight excluding hydrogens is 386 g/mol. The largest absolute Gasteiger partial charge is 0.495 e. The highest BCUT2D eigenvalue weighted by Gasteiger charge is 2.09.